The fourth-order valence-electron chi connectivity index (χ4n) is 3.36. The minimum Gasteiger partial charge on any atom is -0.324 e. The fraction of sp³-hybridized carbons (Fsp3) is 0.130. The molecule has 0 aromatic heterocycles. The number of nitrogens with one attached hydrogen (secondary N) is 1. The van der Waals surface area contributed by atoms with E-state index >= 15 is 0 Å². The van der Waals surface area contributed by atoms with E-state index in [0.29, 0.717) is 10.1 Å². The van der Waals surface area contributed by atoms with Gasteiger partial charge in [-0.2, -0.15) is 17.9 Å². The molecule has 6 nitrogen and oxygen atoms in total. The number of halogens is 2. The molecule has 0 spiro atoms. The number of anilines is 1. The van der Waals surface area contributed by atoms with E-state index in [1.165, 1.54) is 36.4 Å². The summed E-state index contributed by atoms with van der Waals surface area (Å²) in [6.07, 6.45) is 0.858. The van der Waals surface area contributed by atoms with E-state index in [9.17, 15) is 17.6 Å². The van der Waals surface area contributed by atoms with Crippen molar-refractivity contribution < 1.29 is 17.6 Å². The van der Waals surface area contributed by atoms with Crippen LogP contribution in [-0.2, 0) is 21.2 Å². The van der Waals surface area contributed by atoms with Crippen molar-refractivity contribution in [1.82, 2.24) is 4.41 Å². The number of hydrazone groups is 1. The molecule has 0 fully saturated rings. The lowest BCUT2D eigenvalue weighted by Crippen LogP contribution is -2.38. The average molecular weight is 472 g/mol. The molecule has 0 saturated carbocycles. The van der Waals surface area contributed by atoms with Crippen molar-refractivity contribution >= 4 is 38.9 Å². The van der Waals surface area contributed by atoms with E-state index in [1.54, 1.807) is 18.2 Å². The second-order valence-corrected chi connectivity index (χ2v) is 9.40. The van der Waals surface area contributed by atoms with Gasteiger partial charge in [0.05, 0.1) is 4.90 Å². The van der Waals surface area contributed by atoms with Crippen LogP contribution < -0.4 is 5.32 Å². The number of nitrogens with zero attached hydrogens (tertiary/aromatic N) is 2. The minimum atomic E-state index is -4.15. The maximum atomic E-state index is 14.5. The number of fused-ring (bicyclic) bond motifs is 1. The van der Waals surface area contributed by atoms with Gasteiger partial charge in [-0.05, 0) is 54.4 Å². The van der Waals surface area contributed by atoms with E-state index in [1.807, 2.05) is 19.1 Å². The van der Waals surface area contributed by atoms with Gasteiger partial charge in [-0.3, -0.25) is 4.79 Å². The first-order valence-electron chi connectivity index (χ1n) is 9.84. The van der Waals surface area contributed by atoms with Gasteiger partial charge in [-0.15, -0.1) is 0 Å². The Morgan fingerprint density at radius 1 is 1.06 bits per heavy atom. The van der Waals surface area contributed by atoms with Gasteiger partial charge in [-0.1, -0.05) is 42.8 Å². The molecule has 0 saturated heterocycles. The normalized spacial score (nSPS) is 14.5. The number of benzene rings is 3. The second-order valence-electron chi connectivity index (χ2n) is 7.15. The summed E-state index contributed by atoms with van der Waals surface area (Å²) in [5.41, 5.74) is 2.00. The van der Waals surface area contributed by atoms with Gasteiger partial charge in [0.15, 0.2) is 0 Å². The minimum absolute atomic E-state index is 0.0792. The van der Waals surface area contributed by atoms with Crippen LogP contribution in [0.5, 0.6) is 0 Å². The number of hydrogen-bond donors (Lipinski definition) is 1. The summed E-state index contributed by atoms with van der Waals surface area (Å²) in [6.45, 7) is 1.45. The molecule has 0 bridgehead atoms. The Morgan fingerprint density at radius 3 is 2.47 bits per heavy atom. The molecule has 3 aromatic rings. The van der Waals surface area contributed by atoms with Gasteiger partial charge in [0, 0.05) is 21.8 Å². The number of hydrogen-bond acceptors (Lipinski definition) is 4. The van der Waals surface area contributed by atoms with Crippen molar-refractivity contribution in [2.75, 3.05) is 11.9 Å². The maximum absolute atomic E-state index is 14.5. The summed E-state index contributed by atoms with van der Waals surface area (Å²) in [4.78, 5) is 12.5. The van der Waals surface area contributed by atoms with Crippen molar-refractivity contribution in [3.63, 3.8) is 0 Å². The molecule has 32 heavy (non-hydrogen) atoms. The van der Waals surface area contributed by atoms with Crippen LogP contribution in [0.2, 0.25) is 5.02 Å². The van der Waals surface area contributed by atoms with Crippen LogP contribution in [0.4, 0.5) is 10.1 Å². The van der Waals surface area contributed by atoms with Crippen LogP contribution in [-0.4, -0.2) is 31.0 Å². The summed E-state index contributed by atoms with van der Waals surface area (Å²) in [5.74, 6) is -1.15. The number of aryl methyl sites for hydroxylation is 1. The predicted octanol–water partition coefficient (Wildman–Crippen LogP) is 4.44. The molecule has 1 aliphatic heterocycles. The molecule has 1 amide bonds. The lowest BCUT2D eigenvalue weighted by molar-refractivity contribution is -0.116. The SMILES string of the molecule is CCc1ccc(NC(=O)CN2N=C(c3ccccc3F)c3cc(Cl)ccc3S2(=O)=O)cc1. The van der Waals surface area contributed by atoms with E-state index in [0.717, 1.165) is 12.0 Å². The summed E-state index contributed by atoms with van der Waals surface area (Å²) in [5, 5.41) is 7.11. The Hall–Kier alpha value is -3.23. The average Bonchev–Trinajstić information content (AvgIpc) is 2.77. The van der Waals surface area contributed by atoms with Gasteiger partial charge in [0.1, 0.15) is 18.1 Å². The van der Waals surface area contributed by atoms with Crippen molar-refractivity contribution in [3.05, 3.63) is 94.3 Å². The molecule has 9 heteroatoms. The zero-order chi connectivity index (χ0) is 22.9. The Bertz CT molecular complexity index is 1320. The highest BCUT2D eigenvalue weighted by atomic mass is 35.5. The number of sulfonamides is 1. The molecule has 0 atom stereocenters. The molecule has 0 aliphatic carbocycles. The third kappa shape index (κ3) is 4.24. The molecule has 1 heterocycles. The molecule has 1 aliphatic rings. The van der Waals surface area contributed by atoms with Crippen molar-refractivity contribution in [1.29, 1.82) is 0 Å². The number of carbonyl (C=O) groups excluding carboxylic acids is 1. The van der Waals surface area contributed by atoms with Gasteiger partial charge >= 0.3 is 0 Å². The number of rotatable bonds is 5. The first-order chi connectivity index (χ1) is 15.3. The highest BCUT2D eigenvalue weighted by Gasteiger charge is 2.35. The van der Waals surface area contributed by atoms with Crippen LogP contribution in [0.25, 0.3) is 0 Å². The Kier molecular flexibility index (Phi) is 5.99. The molecule has 1 N–H and O–H groups in total. The van der Waals surface area contributed by atoms with Crippen LogP contribution >= 0.6 is 11.6 Å². The summed E-state index contributed by atoms with van der Waals surface area (Å²) in [6, 6.07) is 17.3. The van der Waals surface area contributed by atoms with Crippen LogP contribution in [0.15, 0.2) is 76.7 Å². The number of amides is 1. The molecule has 164 valence electrons. The Morgan fingerprint density at radius 2 is 1.78 bits per heavy atom. The third-order valence-corrected chi connectivity index (χ3v) is 6.93. The lowest BCUT2D eigenvalue weighted by Gasteiger charge is -2.27. The van der Waals surface area contributed by atoms with Gasteiger partial charge in [-0.25, -0.2) is 4.39 Å². The first kappa shape index (κ1) is 22.0. The van der Waals surface area contributed by atoms with Gasteiger partial charge in [0.2, 0.25) is 5.91 Å². The first-order valence-corrected chi connectivity index (χ1v) is 11.7. The Labute approximate surface area is 190 Å². The van der Waals surface area contributed by atoms with Crippen molar-refractivity contribution in [3.8, 4) is 0 Å². The summed E-state index contributed by atoms with van der Waals surface area (Å²) < 4.78 is 41.5. The molecule has 4 rings (SSSR count). The third-order valence-electron chi connectivity index (χ3n) is 5.02. The largest absolute Gasteiger partial charge is 0.324 e. The topological polar surface area (TPSA) is 78.8 Å². The predicted molar refractivity (Wildman–Crippen MR) is 122 cm³/mol. The van der Waals surface area contributed by atoms with E-state index in [4.69, 9.17) is 11.6 Å². The molecule has 3 aromatic carbocycles. The quantitative estimate of drug-likeness (QED) is 0.597. The standard InChI is InChI=1S/C23H19ClFN3O3S/c1-2-15-7-10-17(11-8-15)26-22(29)14-28-27-23(18-5-3-4-6-20(18)25)19-13-16(24)9-12-21(19)32(28,30)31/h3-13H,2,14H2,1H3,(H,26,29). The molecular formula is C23H19ClFN3O3S. The number of carbonyl (C=O) groups is 1. The van der Waals surface area contributed by atoms with Gasteiger partial charge < -0.3 is 5.32 Å². The van der Waals surface area contributed by atoms with E-state index < -0.39 is 28.3 Å². The molecule has 0 unspecified atom stereocenters. The lowest BCUT2D eigenvalue weighted by atomic mass is 10.0. The monoisotopic (exact) mass is 471 g/mol. The fourth-order valence-corrected chi connectivity index (χ4v) is 4.91. The van der Waals surface area contributed by atoms with Crippen LogP contribution in [0.1, 0.15) is 23.6 Å². The summed E-state index contributed by atoms with van der Waals surface area (Å²) >= 11 is 6.07. The smallest absolute Gasteiger partial charge is 0.280 e. The molecule has 0 radical (unpaired) electrons. The van der Waals surface area contributed by atoms with Gasteiger partial charge in [0.25, 0.3) is 10.0 Å². The second kappa shape index (κ2) is 8.72. The Balaban J connectivity index is 1.71. The zero-order valence-corrected chi connectivity index (χ0v) is 18.6. The highest BCUT2D eigenvalue weighted by molar-refractivity contribution is 7.89. The zero-order valence-electron chi connectivity index (χ0n) is 17.0. The van der Waals surface area contributed by atoms with E-state index in [-0.39, 0.29) is 26.8 Å². The van der Waals surface area contributed by atoms with Crippen molar-refractivity contribution in [2.24, 2.45) is 5.10 Å². The summed E-state index contributed by atoms with van der Waals surface area (Å²) in [7, 11) is -4.15. The maximum Gasteiger partial charge on any atom is 0.280 e. The van der Waals surface area contributed by atoms with Crippen molar-refractivity contribution in [2.45, 2.75) is 18.2 Å². The van der Waals surface area contributed by atoms with E-state index in [2.05, 4.69) is 10.4 Å². The molecular weight excluding hydrogens is 453 g/mol. The van der Waals surface area contributed by atoms with Crippen LogP contribution in [0.3, 0.4) is 0 Å². The van der Waals surface area contributed by atoms with Crippen LogP contribution in [0, 0.1) is 5.82 Å². The highest BCUT2D eigenvalue weighted by Crippen LogP contribution is 2.31.